The van der Waals surface area contributed by atoms with Gasteiger partial charge in [-0.3, -0.25) is 9.69 Å². The van der Waals surface area contributed by atoms with Crippen LogP contribution in [-0.2, 0) is 4.79 Å². The molecule has 1 aliphatic rings. The van der Waals surface area contributed by atoms with Gasteiger partial charge in [0.15, 0.2) is 11.5 Å². The molecule has 1 heterocycles. The lowest BCUT2D eigenvalue weighted by Gasteiger charge is -2.14. The highest BCUT2D eigenvalue weighted by Crippen LogP contribution is 2.34. The molecule has 0 aliphatic carbocycles. The van der Waals surface area contributed by atoms with Crippen LogP contribution in [-0.4, -0.2) is 42.0 Å². The van der Waals surface area contributed by atoms with Crippen LogP contribution in [0.3, 0.4) is 0 Å². The third kappa shape index (κ3) is 5.34. The molecule has 1 amide bonds. The van der Waals surface area contributed by atoms with Gasteiger partial charge in [-0.25, -0.2) is 0 Å². The molecule has 0 saturated carbocycles. The molecule has 1 aliphatic heterocycles. The van der Waals surface area contributed by atoms with Crippen LogP contribution in [0.25, 0.3) is 6.08 Å². The predicted molar refractivity (Wildman–Crippen MR) is 125 cm³/mol. The number of benzene rings is 2. The number of amides is 1. The molecular weight excluding hydrogens is 418 g/mol. The SMILES string of the molecule is CCOc1cc(C=C2SC(=S)N(C)C2=O)ccc1OCCOc1ccc(C)cc1C. The van der Waals surface area contributed by atoms with Gasteiger partial charge in [-0.15, -0.1) is 0 Å². The third-order valence-electron chi connectivity index (χ3n) is 4.48. The summed E-state index contributed by atoms with van der Waals surface area (Å²) in [5.74, 6) is 2.04. The maximum absolute atomic E-state index is 12.2. The van der Waals surface area contributed by atoms with Gasteiger partial charge < -0.3 is 14.2 Å². The molecule has 2 aromatic rings. The van der Waals surface area contributed by atoms with Crippen LogP contribution in [0, 0.1) is 13.8 Å². The summed E-state index contributed by atoms with van der Waals surface area (Å²) in [5.41, 5.74) is 3.16. The monoisotopic (exact) mass is 443 g/mol. The van der Waals surface area contributed by atoms with Crippen LogP contribution < -0.4 is 14.2 Å². The number of nitrogens with zero attached hydrogens (tertiary/aromatic N) is 1. The van der Waals surface area contributed by atoms with E-state index >= 15 is 0 Å². The summed E-state index contributed by atoms with van der Waals surface area (Å²) >= 11 is 6.48. The molecule has 3 rings (SSSR count). The molecule has 0 unspecified atom stereocenters. The fourth-order valence-corrected chi connectivity index (χ4v) is 4.14. The normalized spacial score (nSPS) is 15.1. The Morgan fingerprint density at radius 3 is 2.33 bits per heavy atom. The van der Waals surface area contributed by atoms with Gasteiger partial charge in [-0.05, 0) is 56.2 Å². The van der Waals surface area contributed by atoms with Crippen molar-refractivity contribution in [3.05, 3.63) is 58.0 Å². The fraction of sp³-hybridized carbons (Fsp3) is 0.304. The Labute approximate surface area is 187 Å². The predicted octanol–water partition coefficient (Wildman–Crippen LogP) is 4.99. The summed E-state index contributed by atoms with van der Waals surface area (Å²) in [4.78, 5) is 14.3. The minimum atomic E-state index is -0.0909. The first kappa shape index (κ1) is 22.2. The second-order valence-corrected chi connectivity index (χ2v) is 8.52. The first-order chi connectivity index (χ1) is 14.4. The molecule has 1 fully saturated rings. The smallest absolute Gasteiger partial charge is 0.265 e. The molecule has 0 atom stereocenters. The van der Waals surface area contributed by atoms with E-state index < -0.39 is 0 Å². The summed E-state index contributed by atoms with van der Waals surface area (Å²) < 4.78 is 18.0. The maximum atomic E-state index is 12.2. The van der Waals surface area contributed by atoms with E-state index in [-0.39, 0.29) is 5.91 Å². The van der Waals surface area contributed by atoms with Crippen LogP contribution in [0.5, 0.6) is 17.2 Å². The number of ether oxygens (including phenoxy) is 3. The van der Waals surface area contributed by atoms with E-state index in [1.807, 2.05) is 50.3 Å². The molecular formula is C23H25NO4S2. The van der Waals surface area contributed by atoms with Gasteiger partial charge in [-0.2, -0.15) is 0 Å². The highest BCUT2D eigenvalue weighted by Gasteiger charge is 2.28. The summed E-state index contributed by atoms with van der Waals surface area (Å²) in [7, 11) is 1.68. The topological polar surface area (TPSA) is 48.0 Å². The number of aryl methyl sites for hydroxylation is 2. The van der Waals surface area contributed by atoms with E-state index in [1.54, 1.807) is 7.05 Å². The highest BCUT2D eigenvalue weighted by molar-refractivity contribution is 8.26. The van der Waals surface area contributed by atoms with Crippen LogP contribution >= 0.6 is 24.0 Å². The average molecular weight is 444 g/mol. The molecule has 0 radical (unpaired) electrons. The first-order valence-corrected chi connectivity index (χ1v) is 10.9. The minimum absolute atomic E-state index is 0.0909. The highest BCUT2D eigenvalue weighted by atomic mass is 32.2. The van der Waals surface area contributed by atoms with E-state index in [2.05, 4.69) is 13.0 Å². The van der Waals surface area contributed by atoms with Gasteiger partial charge in [-0.1, -0.05) is 47.7 Å². The zero-order valence-corrected chi connectivity index (χ0v) is 19.2. The Morgan fingerprint density at radius 1 is 1.00 bits per heavy atom. The van der Waals surface area contributed by atoms with Crippen LogP contribution in [0.2, 0.25) is 0 Å². The van der Waals surface area contributed by atoms with E-state index in [9.17, 15) is 4.79 Å². The molecule has 158 valence electrons. The van der Waals surface area contributed by atoms with Crippen molar-refractivity contribution >= 4 is 40.3 Å². The van der Waals surface area contributed by atoms with Gasteiger partial charge in [0, 0.05) is 7.05 Å². The Bertz CT molecular complexity index is 987. The molecule has 0 aromatic heterocycles. The number of rotatable bonds is 8. The standard InChI is InChI=1S/C23H25NO4S2/c1-5-26-20-13-17(14-21-22(25)24(4)23(29)30-21)7-9-19(20)28-11-10-27-18-8-6-15(2)12-16(18)3/h6-9,12-14H,5,10-11H2,1-4H3. The van der Waals surface area contributed by atoms with E-state index in [0.717, 1.165) is 16.9 Å². The third-order valence-corrected chi connectivity index (χ3v) is 5.97. The van der Waals surface area contributed by atoms with Crippen molar-refractivity contribution in [2.45, 2.75) is 20.8 Å². The van der Waals surface area contributed by atoms with Gasteiger partial charge >= 0.3 is 0 Å². The van der Waals surface area contributed by atoms with Crippen molar-refractivity contribution in [3.63, 3.8) is 0 Å². The first-order valence-electron chi connectivity index (χ1n) is 9.70. The van der Waals surface area contributed by atoms with Crippen molar-refractivity contribution < 1.29 is 19.0 Å². The molecule has 5 nitrogen and oxygen atoms in total. The number of likely N-dealkylation sites (N-methyl/N-ethyl adjacent to an activating group) is 1. The van der Waals surface area contributed by atoms with Gasteiger partial charge in [0.2, 0.25) is 0 Å². The quantitative estimate of drug-likeness (QED) is 0.325. The molecule has 1 saturated heterocycles. The maximum Gasteiger partial charge on any atom is 0.265 e. The Balaban J connectivity index is 1.65. The number of thiocarbonyl (C=S) groups is 1. The van der Waals surface area contributed by atoms with Crippen molar-refractivity contribution in [3.8, 4) is 17.2 Å². The second kappa shape index (κ2) is 10.00. The van der Waals surface area contributed by atoms with Crippen molar-refractivity contribution in [2.24, 2.45) is 0 Å². The summed E-state index contributed by atoms with van der Waals surface area (Å²) in [6.45, 7) is 7.33. The van der Waals surface area contributed by atoms with E-state index in [1.165, 1.54) is 22.2 Å². The molecule has 2 aromatic carbocycles. The summed E-state index contributed by atoms with van der Waals surface area (Å²) in [6.07, 6.45) is 1.82. The zero-order valence-electron chi connectivity index (χ0n) is 17.6. The summed E-state index contributed by atoms with van der Waals surface area (Å²) in [5, 5.41) is 0. The lowest BCUT2D eigenvalue weighted by Crippen LogP contribution is -2.22. The van der Waals surface area contributed by atoms with Crippen molar-refractivity contribution in [1.29, 1.82) is 0 Å². The van der Waals surface area contributed by atoms with Gasteiger partial charge in [0.25, 0.3) is 5.91 Å². The molecule has 30 heavy (non-hydrogen) atoms. The van der Waals surface area contributed by atoms with Crippen molar-refractivity contribution in [2.75, 3.05) is 26.9 Å². The largest absolute Gasteiger partial charge is 0.490 e. The Hall–Kier alpha value is -2.51. The molecule has 7 heteroatoms. The van der Waals surface area contributed by atoms with Gasteiger partial charge in [0.1, 0.15) is 23.3 Å². The number of carbonyl (C=O) groups is 1. The second-order valence-electron chi connectivity index (χ2n) is 6.85. The van der Waals surface area contributed by atoms with Crippen molar-refractivity contribution in [1.82, 2.24) is 4.90 Å². The molecule has 0 N–H and O–H groups in total. The average Bonchev–Trinajstić information content (AvgIpc) is 2.95. The number of thioether (sulfide) groups is 1. The lowest BCUT2D eigenvalue weighted by atomic mass is 10.1. The Morgan fingerprint density at radius 2 is 1.70 bits per heavy atom. The molecule has 0 spiro atoms. The Kier molecular flexibility index (Phi) is 7.39. The van der Waals surface area contributed by atoms with E-state index in [0.29, 0.717) is 40.5 Å². The van der Waals surface area contributed by atoms with E-state index in [4.69, 9.17) is 26.4 Å². The zero-order chi connectivity index (χ0) is 21.7. The number of hydrogen-bond donors (Lipinski definition) is 0. The van der Waals surface area contributed by atoms with Gasteiger partial charge in [0.05, 0.1) is 11.5 Å². The van der Waals surface area contributed by atoms with Crippen LogP contribution in [0.15, 0.2) is 41.3 Å². The number of carbonyl (C=O) groups excluding carboxylic acids is 1. The minimum Gasteiger partial charge on any atom is -0.490 e. The van der Waals surface area contributed by atoms with Crippen LogP contribution in [0.4, 0.5) is 0 Å². The lowest BCUT2D eigenvalue weighted by molar-refractivity contribution is -0.121. The number of hydrogen-bond acceptors (Lipinski definition) is 6. The fourth-order valence-electron chi connectivity index (χ4n) is 2.96. The molecule has 0 bridgehead atoms. The summed E-state index contributed by atoms with van der Waals surface area (Å²) in [6, 6.07) is 11.7. The van der Waals surface area contributed by atoms with Crippen LogP contribution in [0.1, 0.15) is 23.6 Å².